The highest BCUT2D eigenvalue weighted by Gasteiger charge is 2.18. The lowest BCUT2D eigenvalue weighted by molar-refractivity contribution is 0.183. The Kier molecular flexibility index (Phi) is 17.3. The first-order chi connectivity index (χ1) is 9.88. The number of hydrogen-bond acceptors (Lipinski definition) is 4. The van der Waals surface area contributed by atoms with Crippen LogP contribution >= 0.6 is 0 Å². The third-order valence-electron chi connectivity index (χ3n) is 2.79. The maximum absolute atomic E-state index is 4.82. The summed E-state index contributed by atoms with van der Waals surface area (Å²) in [5, 5.41) is 7.25. The predicted molar refractivity (Wildman–Crippen MR) is 87.9 cm³/mol. The van der Waals surface area contributed by atoms with E-state index in [1.165, 1.54) is 19.4 Å². The Morgan fingerprint density at radius 2 is 1.90 bits per heavy atom. The number of piperidine rings is 1. The van der Waals surface area contributed by atoms with Crippen LogP contribution in [0.15, 0.2) is 16.9 Å². The van der Waals surface area contributed by atoms with Gasteiger partial charge in [-0.2, -0.15) is 0 Å². The lowest BCUT2D eigenvalue weighted by Gasteiger charge is -2.31. The van der Waals surface area contributed by atoms with Crippen molar-refractivity contribution < 1.29 is 4.52 Å². The van der Waals surface area contributed by atoms with E-state index in [1.54, 1.807) is 6.26 Å². The van der Waals surface area contributed by atoms with Crippen LogP contribution in [0.4, 0.5) is 0 Å². The summed E-state index contributed by atoms with van der Waals surface area (Å²) in [6.07, 6.45) is 4.18. The van der Waals surface area contributed by atoms with Gasteiger partial charge in [0.15, 0.2) is 0 Å². The number of nitrogens with one attached hydrogen (secondary N) is 1. The van der Waals surface area contributed by atoms with Crippen LogP contribution in [0.5, 0.6) is 0 Å². The second-order valence-corrected chi connectivity index (χ2v) is 3.85. The fraction of sp³-hybridized carbons (Fsp3) is 0.812. The highest BCUT2D eigenvalue weighted by Crippen LogP contribution is 2.12. The van der Waals surface area contributed by atoms with Gasteiger partial charge < -0.3 is 9.84 Å². The quantitative estimate of drug-likeness (QED) is 0.913. The smallest absolute Gasteiger partial charge is 0.124 e. The Morgan fingerprint density at radius 3 is 2.40 bits per heavy atom. The molecule has 1 aromatic heterocycles. The minimum atomic E-state index is 0.635. The first kappa shape index (κ1) is 21.4. The van der Waals surface area contributed by atoms with E-state index >= 15 is 0 Å². The monoisotopic (exact) mass is 285 g/mol. The Balaban J connectivity index is 0. The first-order valence-electron chi connectivity index (χ1n) is 8.17. The maximum atomic E-state index is 4.82. The predicted octanol–water partition coefficient (Wildman–Crippen LogP) is 3.94. The molecule has 1 aliphatic rings. The van der Waals surface area contributed by atoms with Crippen molar-refractivity contribution in [3.63, 3.8) is 0 Å². The molecule has 1 N–H and O–H groups in total. The molecule has 0 unspecified atom stereocenters. The van der Waals surface area contributed by atoms with E-state index in [1.807, 2.05) is 54.7 Å². The second kappa shape index (κ2) is 16.2. The van der Waals surface area contributed by atoms with Crippen LogP contribution in [0.25, 0.3) is 0 Å². The Labute approximate surface area is 125 Å². The molecule has 20 heavy (non-hydrogen) atoms. The van der Waals surface area contributed by atoms with Gasteiger partial charge in [0.2, 0.25) is 0 Å². The van der Waals surface area contributed by atoms with E-state index in [2.05, 4.69) is 15.4 Å². The number of nitrogens with zero attached hydrogens (tertiary/aromatic N) is 2. The molecule has 120 valence electrons. The van der Waals surface area contributed by atoms with Crippen molar-refractivity contribution in [3.8, 4) is 0 Å². The van der Waals surface area contributed by atoms with Crippen LogP contribution in [0, 0.1) is 0 Å². The molecule has 0 bridgehead atoms. The molecule has 2 heterocycles. The van der Waals surface area contributed by atoms with Crippen LogP contribution in [0.2, 0.25) is 0 Å². The maximum Gasteiger partial charge on any atom is 0.124 e. The average Bonchev–Trinajstić information content (AvgIpc) is 3.06. The largest absolute Gasteiger partial charge is 0.364 e. The number of rotatable bonds is 3. The molecule has 0 aliphatic carbocycles. The molecule has 4 heteroatoms. The van der Waals surface area contributed by atoms with Gasteiger partial charge >= 0.3 is 0 Å². The van der Waals surface area contributed by atoms with Gasteiger partial charge in [-0.15, -0.1) is 0 Å². The molecular weight excluding hydrogens is 250 g/mol. The minimum Gasteiger partial charge on any atom is -0.364 e. The number of likely N-dealkylation sites (tertiary alicyclic amines) is 1. The molecule has 1 atom stereocenters. The Bertz CT molecular complexity index is 263. The van der Waals surface area contributed by atoms with Crippen molar-refractivity contribution in [2.24, 2.45) is 0 Å². The highest BCUT2D eigenvalue weighted by molar-refractivity contribution is 4.95. The summed E-state index contributed by atoms with van der Waals surface area (Å²) in [5.74, 6) is 0. The van der Waals surface area contributed by atoms with Gasteiger partial charge in [-0.25, -0.2) is 0 Å². The van der Waals surface area contributed by atoms with Gasteiger partial charge in [-0.1, -0.05) is 46.7 Å². The van der Waals surface area contributed by atoms with Crippen molar-refractivity contribution in [2.45, 2.75) is 67.0 Å². The first-order valence-corrected chi connectivity index (χ1v) is 8.17. The summed E-state index contributed by atoms with van der Waals surface area (Å²) in [5.41, 5.74) is 1.03. The van der Waals surface area contributed by atoms with E-state index in [0.29, 0.717) is 6.04 Å². The summed E-state index contributed by atoms with van der Waals surface area (Å²) in [7, 11) is 2.03. The van der Waals surface area contributed by atoms with Crippen molar-refractivity contribution in [3.05, 3.63) is 18.0 Å². The third kappa shape index (κ3) is 9.10. The van der Waals surface area contributed by atoms with E-state index in [-0.39, 0.29) is 0 Å². The minimum absolute atomic E-state index is 0.635. The van der Waals surface area contributed by atoms with Gasteiger partial charge in [-0.3, -0.25) is 4.90 Å². The lowest BCUT2D eigenvalue weighted by Crippen LogP contribution is -2.43. The zero-order valence-electron chi connectivity index (χ0n) is 14.6. The van der Waals surface area contributed by atoms with Crippen LogP contribution in [0.1, 0.15) is 60.1 Å². The number of likely N-dealkylation sites (N-methyl/N-ethyl adjacent to an activating group) is 1. The Hall–Kier alpha value is -0.870. The number of hydrogen-bond donors (Lipinski definition) is 1. The fourth-order valence-corrected chi connectivity index (χ4v) is 1.98. The normalized spacial score (nSPS) is 17.6. The van der Waals surface area contributed by atoms with Crippen LogP contribution < -0.4 is 5.32 Å². The lowest BCUT2D eigenvalue weighted by atomic mass is 10.1. The van der Waals surface area contributed by atoms with Gasteiger partial charge in [-0.05, 0) is 26.4 Å². The molecule has 0 spiro atoms. The summed E-state index contributed by atoms with van der Waals surface area (Å²) in [6, 6.07) is 2.57. The summed E-state index contributed by atoms with van der Waals surface area (Å²) in [4.78, 5) is 2.42. The standard InChI is InChI=1S/C10H17N3O.3C2H6/c1-11-9-3-2-5-13(7-9)8-10-4-6-14-12-10;3*1-2/h4,6,9,11H,2-3,5,7-8H2,1H3;3*1-2H3/t9-;;;/m0.../s1. The molecule has 0 radical (unpaired) electrons. The Morgan fingerprint density at radius 1 is 1.25 bits per heavy atom. The van der Waals surface area contributed by atoms with Gasteiger partial charge in [0, 0.05) is 25.2 Å². The van der Waals surface area contributed by atoms with Crippen LogP contribution in [-0.4, -0.2) is 36.2 Å². The molecule has 2 rings (SSSR count). The zero-order chi connectivity index (χ0) is 15.8. The molecule has 1 saturated heterocycles. The molecule has 1 aromatic rings. The zero-order valence-corrected chi connectivity index (χ0v) is 14.6. The fourth-order valence-electron chi connectivity index (χ4n) is 1.98. The molecular formula is C16H35N3O. The molecule has 4 nitrogen and oxygen atoms in total. The van der Waals surface area contributed by atoms with Gasteiger partial charge in [0.1, 0.15) is 6.26 Å². The van der Waals surface area contributed by atoms with E-state index in [0.717, 1.165) is 18.8 Å². The molecule has 1 aliphatic heterocycles. The van der Waals surface area contributed by atoms with Crippen molar-refractivity contribution in [1.29, 1.82) is 0 Å². The molecule has 1 fully saturated rings. The van der Waals surface area contributed by atoms with Crippen molar-refractivity contribution in [2.75, 3.05) is 20.1 Å². The van der Waals surface area contributed by atoms with Crippen molar-refractivity contribution in [1.82, 2.24) is 15.4 Å². The van der Waals surface area contributed by atoms with E-state index < -0.39 is 0 Å². The summed E-state index contributed by atoms with van der Waals surface area (Å²) in [6.45, 7) is 15.2. The molecule has 0 saturated carbocycles. The molecule has 0 aromatic carbocycles. The molecule has 0 amide bonds. The highest BCUT2D eigenvalue weighted by atomic mass is 16.5. The summed E-state index contributed by atoms with van der Waals surface area (Å²) >= 11 is 0. The average molecular weight is 285 g/mol. The second-order valence-electron chi connectivity index (χ2n) is 3.85. The number of aromatic nitrogens is 1. The van der Waals surface area contributed by atoms with Gasteiger partial charge in [0.05, 0.1) is 5.69 Å². The SMILES string of the molecule is CC.CC.CC.CN[C@H]1CCCN(Cc2ccon2)C1. The van der Waals surface area contributed by atoms with Gasteiger partial charge in [0.25, 0.3) is 0 Å². The van der Waals surface area contributed by atoms with Crippen LogP contribution in [0.3, 0.4) is 0 Å². The van der Waals surface area contributed by atoms with Crippen LogP contribution in [-0.2, 0) is 6.54 Å². The van der Waals surface area contributed by atoms with E-state index in [4.69, 9.17) is 4.52 Å². The van der Waals surface area contributed by atoms with Crippen molar-refractivity contribution >= 4 is 0 Å². The van der Waals surface area contributed by atoms with E-state index in [9.17, 15) is 0 Å². The summed E-state index contributed by atoms with van der Waals surface area (Å²) < 4.78 is 4.82. The third-order valence-corrected chi connectivity index (χ3v) is 2.79. The topological polar surface area (TPSA) is 41.3 Å².